The molecule has 1 aromatic heterocycles. The van der Waals surface area contributed by atoms with Crippen molar-refractivity contribution in [2.45, 2.75) is 19.3 Å². The van der Waals surface area contributed by atoms with Gasteiger partial charge in [0.05, 0.1) is 6.20 Å². The molecule has 0 unspecified atom stereocenters. The topological polar surface area (TPSA) is 45.5 Å². The van der Waals surface area contributed by atoms with Crippen molar-refractivity contribution < 1.29 is 0 Å². The summed E-state index contributed by atoms with van der Waals surface area (Å²) in [5.74, 6) is 1.03. The van der Waals surface area contributed by atoms with E-state index in [-0.39, 0.29) is 24.0 Å². The lowest BCUT2D eigenvalue weighted by Crippen LogP contribution is -2.40. The van der Waals surface area contributed by atoms with Crippen LogP contribution in [0.3, 0.4) is 0 Å². The maximum absolute atomic E-state index is 4.32. The van der Waals surface area contributed by atoms with E-state index < -0.39 is 0 Å². The Morgan fingerprint density at radius 1 is 1.44 bits per heavy atom. The lowest BCUT2D eigenvalue weighted by atomic mass is 10.2. The molecule has 18 heavy (non-hydrogen) atoms. The average Bonchev–Trinajstić information content (AvgIpc) is 2.96. The molecule has 2 heterocycles. The molecule has 5 nitrogen and oxygen atoms in total. The molecule has 0 saturated carbocycles. The molecule has 1 aliphatic heterocycles. The van der Waals surface area contributed by atoms with Gasteiger partial charge in [0, 0.05) is 39.9 Å². The molecule has 0 aromatic carbocycles. The maximum atomic E-state index is 4.32. The Labute approximate surface area is 126 Å². The van der Waals surface area contributed by atoms with E-state index in [0.717, 1.165) is 32.0 Å². The zero-order valence-corrected chi connectivity index (χ0v) is 13.4. The van der Waals surface area contributed by atoms with Crippen LogP contribution in [0.4, 0.5) is 0 Å². The fourth-order valence-corrected chi connectivity index (χ4v) is 2.18. The second-order valence-corrected chi connectivity index (χ2v) is 4.44. The number of hydrogen-bond donors (Lipinski definition) is 1. The summed E-state index contributed by atoms with van der Waals surface area (Å²) in [6, 6.07) is 0. The molecule has 2 rings (SSSR count). The zero-order chi connectivity index (χ0) is 12.1. The molecule has 0 radical (unpaired) electrons. The number of rotatable bonds is 3. The first-order valence-corrected chi connectivity index (χ1v) is 6.22. The number of halogens is 1. The number of aryl methyl sites for hydroxylation is 1. The first kappa shape index (κ1) is 15.3. The number of nitrogens with one attached hydrogen (secondary N) is 1. The summed E-state index contributed by atoms with van der Waals surface area (Å²) in [5, 5.41) is 7.57. The van der Waals surface area contributed by atoms with E-state index >= 15 is 0 Å². The summed E-state index contributed by atoms with van der Waals surface area (Å²) in [5.41, 5.74) is 1.26. The molecule has 1 saturated heterocycles. The number of aliphatic imine (C=N–C) groups is 1. The predicted molar refractivity (Wildman–Crippen MR) is 84.5 cm³/mol. The monoisotopic (exact) mass is 363 g/mol. The lowest BCUT2D eigenvalue weighted by Gasteiger charge is -2.20. The van der Waals surface area contributed by atoms with Crippen LogP contribution in [0.2, 0.25) is 0 Å². The third kappa shape index (κ3) is 4.15. The van der Waals surface area contributed by atoms with Gasteiger partial charge in [0.1, 0.15) is 0 Å². The first-order chi connectivity index (χ1) is 8.29. The summed E-state index contributed by atoms with van der Waals surface area (Å²) in [6.45, 7) is 3.17. The Bertz CT molecular complexity index is 382. The summed E-state index contributed by atoms with van der Waals surface area (Å²) >= 11 is 0. The lowest BCUT2D eigenvalue weighted by molar-refractivity contribution is 0.494. The van der Waals surface area contributed by atoms with Crippen LogP contribution in [-0.2, 0) is 13.5 Å². The van der Waals surface area contributed by atoms with Crippen molar-refractivity contribution in [3.05, 3.63) is 18.0 Å². The zero-order valence-electron chi connectivity index (χ0n) is 11.1. The van der Waals surface area contributed by atoms with Crippen LogP contribution in [0, 0.1) is 0 Å². The van der Waals surface area contributed by atoms with Crippen molar-refractivity contribution in [2.75, 3.05) is 26.7 Å². The van der Waals surface area contributed by atoms with E-state index in [9.17, 15) is 0 Å². The highest BCUT2D eigenvalue weighted by Gasteiger charge is 2.14. The Kier molecular flexibility index (Phi) is 6.45. The van der Waals surface area contributed by atoms with E-state index in [2.05, 4.69) is 26.5 Å². The number of aromatic nitrogens is 2. The minimum absolute atomic E-state index is 0. The molecule has 1 aromatic rings. The molecular weight excluding hydrogens is 341 g/mol. The van der Waals surface area contributed by atoms with Gasteiger partial charge in [-0.2, -0.15) is 5.10 Å². The number of nitrogens with zero attached hydrogens (tertiary/aromatic N) is 4. The van der Waals surface area contributed by atoms with Crippen LogP contribution in [0.1, 0.15) is 18.4 Å². The van der Waals surface area contributed by atoms with Crippen molar-refractivity contribution in [1.29, 1.82) is 0 Å². The van der Waals surface area contributed by atoms with Crippen molar-refractivity contribution in [3.63, 3.8) is 0 Å². The largest absolute Gasteiger partial charge is 0.356 e. The van der Waals surface area contributed by atoms with E-state index in [4.69, 9.17) is 0 Å². The third-order valence-electron chi connectivity index (χ3n) is 3.07. The van der Waals surface area contributed by atoms with Crippen molar-refractivity contribution >= 4 is 29.9 Å². The summed E-state index contributed by atoms with van der Waals surface area (Å²) in [6.07, 6.45) is 7.52. The van der Waals surface area contributed by atoms with Crippen LogP contribution in [-0.4, -0.2) is 47.3 Å². The van der Waals surface area contributed by atoms with E-state index in [0.29, 0.717) is 0 Å². The van der Waals surface area contributed by atoms with Gasteiger partial charge >= 0.3 is 0 Å². The molecule has 1 N–H and O–H groups in total. The van der Waals surface area contributed by atoms with Gasteiger partial charge < -0.3 is 10.2 Å². The summed E-state index contributed by atoms with van der Waals surface area (Å²) < 4.78 is 1.84. The standard InChI is InChI=1S/C12H21N5.HI/c1-13-12(17-7-3-4-8-17)14-6-5-11-9-15-16(2)10-11;/h9-10H,3-8H2,1-2H3,(H,13,14);1H. The molecule has 0 atom stereocenters. The average molecular weight is 363 g/mol. The second-order valence-electron chi connectivity index (χ2n) is 4.44. The van der Waals surface area contributed by atoms with Crippen molar-refractivity contribution in [2.24, 2.45) is 12.0 Å². The summed E-state index contributed by atoms with van der Waals surface area (Å²) in [4.78, 5) is 6.64. The minimum atomic E-state index is 0. The molecule has 1 aliphatic rings. The van der Waals surface area contributed by atoms with Gasteiger partial charge in [0.15, 0.2) is 5.96 Å². The first-order valence-electron chi connectivity index (χ1n) is 6.22. The van der Waals surface area contributed by atoms with Gasteiger partial charge in [-0.15, -0.1) is 24.0 Å². The van der Waals surface area contributed by atoms with E-state index in [1.807, 2.05) is 25.0 Å². The molecule has 1 fully saturated rings. The van der Waals surface area contributed by atoms with Crippen LogP contribution < -0.4 is 5.32 Å². The van der Waals surface area contributed by atoms with Gasteiger partial charge in [-0.05, 0) is 24.8 Å². The molecule has 0 aliphatic carbocycles. The quantitative estimate of drug-likeness (QED) is 0.500. The van der Waals surface area contributed by atoms with Crippen LogP contribution >= 0.6 is 24.0 Å². The SMILES string of the molecule is CN=C(NCCc1cnn(C)c1)N1CCCC1.I. The molecular formula is C12H22IN5. The van der Waals surface area contributed by atoms with E-state index in [1.54, 1.807) is 0 Å². The normalized spacial score (nSPS) is 15.7. The molecule has 0 amide bonds. The third-order valence-corrected chi connectivity index (χ3v) is 3.07. The smallest absolute Gasteiger partial charge is 0.193 e. The molecule has 0 bridgehead atoms. The van der Waals surface area contributed by atoms with Crippen LogP contribution in [0.5, 0.6) is 0 Å². The fraction of sp³-hybridized carbons (Fsp3) is 0.667. The minimum Gasteiger partial charge on any atom is -0.356 e. The highest BCUT2D eigenvalue weighted by atomic mass is 127. The Morgan fingerprint density at radius 3 is 2.72 bits per heavy atom. The van der Waals surface area contributed by atoms with Crippen molar-refractivity contribution in [1.82, 2.24) is 20.0 Å². The Morgan fingerprint density at radius 2 is 2.17 bits per heavy atom. The second kappa shape index (κ2) is 7.60. The van der Waals surface area contributed by atoms with Gasteiger partial charge in [-0.25, -0.2) is 0 Å². The predicted octanol–water partition coefficient (Wildman–Crippen LogP) is 1.25. The van der Waals surface area contributed by atoms with Crippen molar-refractivity contribution in [3.8, 4) is 0 Å². The highest BCUT2D eigenvalue weighted by molar-refractivity contribution is 14.0. The molecule has 0 spiro atoms. The maximum Gasteiger partial charge on any atom is 0.193 e. The Hall–Kier alpha value is -0.790. The summed E-state index contributed by atoms with van der Waals surface area (Å²) in [7, 11) is 3.80. The van der Waals surface area contributed by atoms with Gasteiger partial charge in [-0.3, -0.25) is 9.67 Å². The van der Waals surface area contributed by atoms with Crippen LogP contribution in [0.25, 0.3) is 0 Å². The highest BCUT2D eigenvalue weighted by Crippen LogP contribution is 2.07. The molecule has 102 valence electrons. The number of likely N-dealkylation sites (tertiary alicyclic amines) is 1. The molecule has 6 heteroatoms. The van der Waals surface area contributed by atoms with Gasteiger partial charge in [0.2, 0.25) is 0 Å². The van der Waals surface area contributed by atoms with E-state index in [1.165, 1.54) is 18.4 Å². The number of guanidine groups is 1. The number of hydrogen-bond acceptors (Lipinski definition) is 2. The van der Waals surface area contributed by atoms with Gasteiger partial charge in [-0.1, -0.05) is 0 Å². The van der Waals surface area contributed by atoms with Gasteiger partial charge in [0.25, 0.3) is 0 Å². The fourth-order valence-electron chi connectivity index (χ4n) is 2.18. The van der Waals surface area contributed by atoms with Crippen LogP contribution in [0.15, 0.2) is 17.4 Å². The Balaban J connectivity index is 0.00000162.